The van der Waals surface area contributed by atoms with Crippen molar-refractivity contribution in [3.8, 4) is 5.75 Å². The first-order valence-electron chi connectivity index (χ1n) is 8.03. The zero-order valence-corrected chi connectivity index (χ0v) is 14.9. The molecular weight excluding hydrogens is 344 g/mol. The van der Waals surface area contributed by atoms with Gasteiger partial charge in [-0.3, -0.25) is 4.79 Å². The number of carbonyl (C=O) groups is 1. The van der Waals surface area contributed by atoms with Gasteiger partial charge in [0, 0.05) is 10.9 Å². The number of nitrogens with one attached hydrogen (secondary N) is 2. The Hall–Kier alpha value is -1.07. The average molecular weight is 369 g/mol. The molecule has 4 nitrogen and oxygen atoms in total. The van der Waals surface area contributed by atoms with Crippen molar-refractivity contribution in [2.24, 2.45) is 11.8 Å². The lowest BCUT2D eigenvalue weighted by Crippen LogP contribution is -2.34. The van der Waals surface area contributed by atoms with Crippen LogP contribution in [0.4, 0.5) is 5.69 Å². The molecule has 2 unspecified atom stereocenters. The predicted octanol–water partition coefficient (Wildman–Crippen LogP) is 3.81. The van der Waals surface area contributed by atoms with E-state index < -0.39 is 0 Å². The highest BCUT2D eigenvalue weighted by atomic mass is 79.9. The summed E-state index contributed by atoms with van der Waals surface area (Å²) in [6.45, 7) is 6.80. The molecule has 0 radical (unpaired) electrons. The number of anilines is 1. The van der Waals surface area contributed by atoms with Gasteiger partial charge in [-0.05, 0) is 62.9 Å². The molecule has 1 saturated heterocycles. The summed E-state index contributed by atoms with van der Waals surface area (Å²) in [5.74, 6) is 1.74. The summed E-state index contributed by atoms with van der Waals surface area (Å²) in [6, 6.07) is 5.67. The second-order valence-corrected chi connectivity index (χ2v) is 6.83. The minimum Gasteiger partial charge on any atom is -0.492 e. The zero-order valence-electron chi connectivity index (χ0n) is 13.3. The predicted molar refractivity (Wildman–Crippen MR) is 93.3 cm³/mol. The van der Waals surface area contributed by atoms with Gasteiger partial charge in [-0.25, -0.2) is 0 Å². The Labute approximate surface area is 141 Å². The summed E-state index contributed by atoms with van der Waals surface area (Å²) in [5, 5.41) is 6.40. The van der Waals surface area contributed by atoms with Gasteiger partial charge in [0.25, 0.3) is 0 Å². The van der Waals surface area contributed by atoms with E-state index in [1.165, 1.54) is 12.8 Å². The van der Waals surface area contributed by atoms with Crippen LogP contribution in [0.25, 0.3) is 0 Å². The molecule has 0 bridgehead atoms. The van der Waals surface area contributed by atoms with Gasteiger partial charge < -0.3 is 15.4 Å². The third-order valence-electron chi connectivity index (χ3n) is 4.16. The molecule has 1 aliphatic heterocycles. The highest BCUT2D eigenvalue weighted by molar-refractivity contribution is 9.10. The smallest absolute Gasteiger partial charge is 0.224 e. The Morgan fingerprint density at radius 1 is 1.55 bits per heavy atom. The topological polar surface area (TPSA) is 50.4 Å². The Morgan fingerprint density at radius 3 is 3.05 bits per heavy atom. The molecular formula is C17H25BrN2O2. The molecule has 2 rings (SSSR count). The van der Waals surface area contributed by atoms with Gasteiger partial charge in [-0.2, -0.15) is 0 Å². The Balaban J connectivity index is 1.93. The van der Waals surface area contributed by atoms with Gasteiger partial charge in [0.1, 0.15) is 5.75 Å². The molecule has 1 heterocycles. The number of hydrogen-bond donors (Lipinski definition) is 2. The fraction of sp³-hybridized carbons (Fsp3) is 0.588. The van der Waals surface area contributed by atoms with Gasteiger partial charge in [-0.1, -0.05) is 22.9 Å². The van der Waals surface area contributed by atoms with Gasteiger partial charge in [0.15, 0.2) is 0 Å². The minimum absolute atomic E-state index is 0.0568. The number of piperidine rings is 1. The van der Waals surface area contributed by atoms with Crippen LogP contribution in [-0.4, -0.2) is 25.6 Å². The molecule has 22 heavy (non-hydrogen) atoms. The molecule has 0 aromatic heterocycles. The molecule has 5 heteroatoms. The van der Waals surface area contributed by atoms with Crippen molar-refractivity contribution in [1.29, 1.82) is 0 Å². The molecule has 1 amide bonds. The Kier molecular flexibility index (Phi) is 6.70. The van der Waals surface area contributed by atoms with Crippen LogP contribution in [0.3, 0.4) is 0 Å². The second kappa shape index (κ2) is 8.53. The van der Waals surface area contributed by atoms with E-state index in [0.717, 1.165) is 23.2 Å². The maximum absolute atomic E-state index is 12.3. The first-order chi connectivity index (χ1) is 10.6. The summed E-state index contributed by atoms with van der Waals surface area (Å²) >= 11 is 3.43. The van der Waals surface area contributed by atoms with Crippen molar-refractivity contribution in [2.75, 3.05) is 25.0 Å². The molecule has 0 saturated carbocycles. The molecule has 122 valence electrons. The fourth-order valence-electron chi connectivity index (χ4n) is 2.90. The standard InChI is InChI=1S/C17H25BrN2O2/c1-3-22-16-10-14(18)6-7-15(16)20-17(21)9-12(2)13-5-4-8-19-11-13/h6-7,10,12-13,19H,3-5,8-9,11H2,1-2H3,(H,20,21). The molecule has 0 aliphatic carbocycles. The van der Waals surface area contributed by atoms with E-state index in [-0.39, 0.29) is 5.91 Å². The quantitative estimate of drug-likeness (QED) is 0.802. The number of hydrogen-bond acceptors (Lipinski definition) is 3. The van der Waals surface area contributed by atoms with Crippen molar-refractivity contribution in [3.05, 3.63) is 22.7 Å². The first kappa shape index (κ1) is 17.3. The van der Waals surface area contributed by atoms with E-state index in [1.54, 1.807) is 0 Å². The van der Waals surface area contributed by atoms with E-state index in [4.69, 9.17) is 4.74 Å². The molecule has 1 fully saturated rings. The summed E-state index contributed by atoms with van der Waals surface area (Å²) in [4.78, 5) is 12.3. The summed E-state index contributed by atoms with van der Waals surface area (Å²) in [6.07, 6.45) is 2.97. The molecule has 2 atom stereocenters. The molecule has 1 aliphatic rings. The monoisotopic (exact) mass is 368 g/mol. The van der Waals surface area contributed by atoms with Crippen LogP contribution in [0.5, 0.6) is 5.75 Å². The number of amides is 1. The Bertz CT molecular complexity index is 501. The third-order valence-corrected chi connectivity index (χ3v) is 4.66. The Morgan fingerprint density at radius 2 is 2.36 bits per heavy atom. The lowest BCUT2D eigenvalue weighted by atomic mass is 9.85. The first-order valence-corrected chi connectivity index (χ1v) is 8.82. The normalized spacial score (nSPS) is 19.5. The molecule has 1 aromatic rings. The number of rotatable bonds is 6. The van der Waals surface area contributed by atoms with E-state index in [1.807, 2.05) is 25.1 Å². The number of carbonyl (C=O) groups excluding carboxylic acids is 1. The van der Waals surface area contributed by atoms with Crippen molar-refractivity contribution in [1.82, 2.24) is 5.32 Å². The maximum Gasteiger partial charge on any atom is 0.224 e. The lowest BCUT2D eigenvalue weighted by molar-refractivity contribution is -0.117. The van der Waals surface area contributed by atoms with E-state index in [2.05, 4.69) is 33.5 Å². The fourth-order valence-corrected chi connectivity index (χ4v) is 3.24. The highest BCUT2D eigenvalue weighted by Gasteiger charge is 2.22. The highest BCUT2D eigenvalue weighted by Crippen LogP contribution is 2.29. The van der Waals surface area contributed by atoms with Gasteiger partial charge in [0.05, 0.1) is 12.3 Å². The van der Waals surface area contributed by atoms with Gasteiger partial charge in [0.2, 0.25) is 5.91 Å². The minimum atomic E-state index is 0.0568. The SMILES string of the molecule is CCOc1cc(Br)ccc1NC(=O)CC(C)C1CCCNC1. The third kappa shape index (κ3) is 4.99. The van der Waals surface area contributed by atoms with E-state index in [9.17, 15) is 4.79 Å². The number of benzene rings is 1. The molecule has 1 aromatic carbocycles. The van der Waals surface area contributed by atoms with E-state index in [0.29, 0.717) is 30.6 Å². The zero-order chi connectivity index (χ0) is 15.9. The largest absolute Gasteiger partial charge is 0.492 e. The van der Waals surface area contributed by atoms with Crippen LogP contribution in [0.15, 0.2) is 22.7 Å². The molecule has 0 spiro atoms. The van der Waals surface area contributed by atoms with Crippen LogP contribution < -0.4 is 15.4 Å². The van der Waals surface area contributed by atoms with Gasteiger partial charge >= 0.3 is 0 Å². The maximum atomic E-state index is 12.3. The summed E-state index contributed by atoms with van der Waals surface area (Å²) in [7, 11) is 0. The molecule has 2 N–H and O–H groups in total. The van der Waals surface area contributed by atoms with E-state index >= 15 is 0 Å². The van der Waals surface area contributed by atoms with Crippen LogP contribution in [0.2, 0.25) is 0 Å². The number of halogens is 1. The van der Waals surface area contributed by atoms with Crippen molar-refractivity contribution in [3.63, 3.8) is 0 Å². The number of ether oxygens (including phenoxy) is 1. The summed E-state index contributed by atoms with van der Waals surface area (Å²) in [5.41, 5.74) is 0.740. The van der Waals surface area contributed by atoms with Crippen molar-refractivity contribution >= 4 is 27.5 Å². The van der Waals surface area contributed by atoms with Crippen LogP contribution >= 0.6 is 15.9 Å². The van der Waals surface area contributed by atoms with Crippen molar-refractivity contribution in [2.45, 2.75) is 33.1 Å². The summed E-state index contributed by atoms with van der Waals surface area (Å²) < 4.78 is 6.53. The van der Waals surface area contributed by atoms with Gasteiger partial charge in [-0.15, -0.1) is 0 Å². The van der Waals surface area contributed by atoms with Crippen molar-refractivity contribution < 1.29 is 9.53 Å². The average Bonchev–Trinajstić information content (AvgIpc) is 2.51. The van der Waals surface area contributed by atoms with Crippen LogP contribution in [-0.2, 0) is 4.79 Å². The van der Waals surface area contributed by atoms with Crippen LogP contribution in [0.1, 0.15) is 33.1 Å². The second-order valence-electron chi connectivity index (χ2n) is 5.91. The van der Waals surface area contributed by atoms with Crippen LogP contribution in [0, 0.1) is 11.8 Å². The lowest BCUT2D eigenvalue weighted by Gasteiger charge is -2.28.